The van der Waals surface area contributed by atoms with Gasteiger partial charge in [0.25, 0.3) is 5.91 Å². The molecule has 1 aliphatic carbocycles. The van der Waals surface area contributed by atoms with Gasteiger partial charge in [-0.2, -0.15) is 0 Å². The van der Waals surface area contributed by atoms with E-state index < -0.39 is 11.7 Å². The standard InChI is InChI=1S/C24H30FN3O2/c1-15(2)16-3-6-18(7-4-16)27-11-9-19(10-12-27)28-22-8-5-17(25)13-20(22)21(24(28)30)14-23(26)29/h5,8,13-14,18-19H,3-4,6-7,9-12H2,1-2H3,(H2,26,29)/b21-14-. The summed E-state index contributed by atoms with van der Waals surface area (Å²) in [7, 11) is 0. The molecule has 160 valence electrons. The van der Waals surface area contributed by atoms with Crippen LogP contribution >= 0.6 is 0 Å². The van der Waals surface area contributed by atoms with Crippen LogP contribution in [0, 0.1) is 5.82 Å². The molecule has 1 aromatic rings. The van der Waals surface area contributed by atoms with E-state index in [0.717, 1.165) is 32.0 Å². The van der Waals surface area contributed by atoms with Crippen LogP contribution in [0.25, 0.3) is 5.57 Å². The van der Waals surface area contributed by atoms with Gasteiger partial charge in [0.05, 0.1) is 11.3 Å². The molecule has 30 heavy (non-hydrogen) atoms. The van der Waals surface area contributed by atoms with Gasteiger partial charge in [0.2, 0.25) is 5.91 Å². The van der Waals surface area contributed by atoms with Crippen LogP contribution < -0.4 is 10.6 Å². The van der Waals surface area contributed by atoms with Gasteiger partial charge in [-0.05, 0) is 70.6 Å². The van der Waals surface area contributed by atoms with Crippen molar-refractivity contribution in [1.82, 2.24) is 4.90 Å². The average molecular weight is 412 g/mol. The number of carbonyl (C=O) groups excluding carboxylic acids is 2. The molecule has 2 aliphatic heterocycles. The second-order valence-corrected chi connectivity index (χ2v) is 8.90. The summed E-state index contributed by atoms with van der Waals surface area (Å²) in [5.41, 5.74) is 9.71. The third-order valence-corrected chi connectivity index (χ3v) is 6.89. The normalized spacial score (nSPS) is 24.4. The summed E-state index contributed by atoms with van der Waals surface area (Å²) in [6, 6.07) is 4.99. The first-order valence-electron chi connectivity index (χ1n) is 10.9. The van der Waals surface area contributed by atoms with E-state index >= 15 is 0 Å². The van der Waals surface area contributed by atoms with Crippen LogP contribution in [0.3, 0.4) is 0 Å². The number of carbonyl (C=O) groups is 2. The van der Waals surface area contributed by atoms with E-state index in [1.165, 1.54) is 43.4 Å². The van der Waals surface area contributed by atoms with Crippen LogP contribution in [0.1, 0.15) is 57.9 Å². The predicted octanol–water partition coefficient (Wildman–Crippen LogP) is 3.78. The average Bonchev–Trinajstić information content (AvgIpc) is 2.99. The Morgan fingerprint density at radius 2 is 1.77 bits per heavy atom. The van der Waals surface area contributed by atoms with Gasteiger partial charge in [-0.3, -0.25) is 9.59 Å². The van der Waals surface area contributed by atoms with E-state index in [2.05, 4.69) is 18.7 Å². The summed E-state index contributed by atoms with van der Waals surface area (Å²) in [6.07, 6.45) is 7.67. The second kappa shape index (κ2) is 8.34. The minimum atomic E-state index is -0.696. The lowest BCUT2D eigenvalue weighted by molar-refractivity contribution is -0.115. The van der Waals surface area contributed by atoms with Crippen molar-refractivity contribution in [2.45, 2.75) is 64.5 Å². The minimum absolute atomic E-state index is 0.0497. The Bertz CT molecular complexity index is 914. The Labute approximate surface area is 177 Å². The Morgan fingerprint density at radius 1 is 1.10 bits per heavy atom. The zero-order chi connectivity index (χ0) is 21.4. The Hall–Kier alpha value is -2.47. The van der Waals surface area contributed by atoms with E-state index in [1.807, 2.05) is 0 Å². The molecule has 1 saturated carbocycles. The molecule has 4 rings (SSSR count). The molecule has 0 bridgehead atoms. The maximum absolute atomic E-state index is 13.8. The van der Waals surface area contributed by atoms with Gasteiger partial charge in [-0.1, -0.05) is 11.1 Å². The smallest absolute Gasteiger partial charge is 0.259 e. The highest BCUT2D eigenvalue weighted by Gasteiger charge is 2.39. The highest BCUT2D eigenvalue weighted by atomic mass is 19.1. The summed E-state index contributed by atoms with van der Waals surface area (Å²) < 4.78 is 13.8. The van der Waals surface area contributed by atoms with E-state index in [4.69, 9.17) is 5.73 Å². The molecule has 2 N–H and O–H groups in total. The molecule has 2 heterocycles. The van der Waals surface area contributed by atoms with Crippen molar-refractivity contribution in [2.24, 2.45) is 5.73 Å². The zero-order valence-corrected chi connectivity index (χ0v) is 17.8. The number of hydrogen-bond donors (Lipinski definition) is 1. The fourth-order valence-corrected chi connectivity index (χ4v) is 5.26. The van der Waals surface area contributed by atoms with Gasteiger partial charge in [0.15, 0.2) is 0 Å². The van der Waals surface area contributed by atoms with Crippen LogP contribution in [0.2, 0.25) is 0 Å². The number of halogens is 1. The predicted molar refractivity (Wildman–Crippen MR) is 116 cm³/mol. The van der Waals surface area contributed by atoms with Crippen LogP contribution in [0.5, 0.6) is 0 Å². The first-order valence-corrected chi connectivity index (χ1v) is 10.9. The summed E-state index contributed by atoms with van der Waals surface area (Å²) in [5.74, 6) is -1.38. The number of anilines is 1. The molecule has 2 amide bonds. The number of hydrogen-bond acceptors (Lipinski definition) is 3. The number of benzene rings is 1. The first kappa shape index (κ1) is 20.8. The molecular weight excluding hydrogens is 381 g/mol. The third kappa shape index (κ3) is 3.93. The Morgan fingerprint density at radius 3 is 2.37 bits per heavy atom. The van der Waals surface area contributed by atoms with Gasteiger partial charge in [-0.25, -0.2) is 4.39 Å². The van der Waals surface area contributed by atoms with Gasteiger partial charge < -0.3 is 15.5 Å². The van der Waals surface area contributed by atoms with E-state index in [0.29, 0.717) is 17.3 Å². The zero-order valence-electron chi connectivity index (χ0n) is 17.8. The fraction of sp³-hybridized carbons (Fsp3) is 0.500. The van der Waals surface area contributed by atoms with Crippen molar-refractivity contribution in [1.29, 1.82) is 0 Å². The summed E-state index contributed by atoms with van der Waals surface area (Å²) in [5, 5.41) is 0. The second-order valence-electron chi connectivity index (χ2n) is 8.90. The van der Waals surface area contributed by atoms with Crippen molar-refractivity contribution < 1.29 is 14.0 Å². The van der Waals surface area contributed by atoms with Crippen LogP contribution in [-0.4, -0.2) is 41.9 Å². The van der Waals surface area contributed by atoms with Crippen molar-refractivity contribution in [3.05, 3.63) is 46.8 Å². The maximum Gasteiger partial charge on any atom is 0.259 e. The largest absolute Gasteiger partial charge is 0.366 e. The monoisotopic (exact) mass is 411 g/mol. The number of likely N-dealkylation sites (tertiary alicyclic amines) is 1. The number of nitrogens with two attached hydrogens (primary N) is 1. The maximum atomic E-state index is 13.8. The van der Waals surface area contributed by atoms with E-state index in [-0.39, 0.29) is 17.5 Å². The molecule has 3 aliphatic rings. The lowest BCUT2D eigenvalue weighted by atomic mass is 9.86. The van der Waals surface area contributed by atoms with Gasteiger partial charge in [0.1, 0.15) is 5.82 Å². The van der Waals surface area contributed by atoms with Crippen LogP contribution in [-0.2, 0) is 9.59 Å². The third-order valence-electron chi connectivity index (χ3n) is 6.89. The van der Waals surface area contributed by atoms with Crippen molar-refractivity contribution in [3.8, 4) is 0 Å². The molecular formula is C24H30FN3O2. The number of rotatable bonds is 3. The number of amides is 2. The molecule has 6 heteroatoms. The lowest BCUT2D eigenvalue weighted by Crippen LogP contribution is -2.49. The molecule has 0 unspecified atom stereocenters. The Kier molecular flexibility index (Phi) is 5.78. The van der Waals surface area contributed by atoms with E-state index in [1.54, 1.807) is 16.5 Å². The molecule has 0 radical (unpaired) electrons. The highest BCUT2D eigenvalue weighted by Crippen LogP contribution is 2.40. The van der Waals surface area contributed by atoms with Gasteiger partial charge >= 0.3 is 0 Å². The molecule has 1 saturated heterocycles. The summed E-state index contributed by atoms with van der Waals surface area (Å²) in [4.78, 5) is 28.9. The SMILES string of the molecule is CC(C)=C1CCC(N2CCC(N3C(=O)/C(=C\C(N)=O)c4cc(F)ccc43)CC2)CC1. The molecule has 1 aromatic carbocycles. The molecule has 0 aromatic heterocycles. The fourth-order valence-electron chi connectivity index (χ4n) is 5.26. The molecule has 0 atom stereocenters. The number of primary amides is 1. The summed E-state index contributed by atoms with van der Waals surface area (Å²) >= 11 is 0. The van der Waals surface area contributed by atoms with Crippen molar-refractivity contribution in [3.63, 3.8) is 0 Å². The first-order chi connectivity index (χ1) is 14.3. The number of allylic oxidation sites excluding steroid dienone is 2. The van der Waals surface area contributed by atoms with Crippen molar-refractivity contribution >= 4 is 23.1 Å². The van der Waals surface area contributed by atoms with Gasteiger partial charge in [0, 0.05) is 36.8 Å². The van der Waals surface area contributed by atoms with E-state index in [9.17, 15) is 14.0 Å². The van der Waals surface area contributed by atoms with Crippen LogP contribution in [0.15, 0.2) is 35.4 Å². The van der Waals surface area contributed by atoms with Crippen LogP contribution in [0.4, 0.5) is 10.1 Å². The quantitative estimate of drug-likeness (QED) is 0.608. The molecule has 0 spiro atoms. The number of fused-ring (bicyclic) bond motifs is 1. The van der Waals surface area contributed by atoms with Crippen molar-refractivity contribution in [2.75, 3.05) is 18.0 Å². The highest BCUT2D eigenvalue weighted by molar-refractivity contribution is 6.35. The molecule has 5 nitrogen and oxygen atoms in total. The topological polar surface area (TPSA) is 66.6 Å². The van der Waals surface area contributed by atoms with Gasteiger partial charge in [-0.15, -0.1) is 0 Å². The number of nitrogens with zero attached hydrogens (tertiary/aromatic N) is 2. The minimum Gasteiger partial charge on any atom is -0.366 e. The molecule has 2 fully saturated rings. The number of piperidine rings is 1. The lowest BCUT2D eigenvalue weighted by Gasteiger charge is -2.42. The summed E-state index contributed by atoms with van der Waals surface area (Å²) in [6.45, 7) is 6.32. The Balaban J connectivity index is 1.47.